The average molecular weight is 562 g/mol. The molecule has 6 aromatic rings. The number of aromatic nitrogens is 1. The van der Waals surface area contributed by atoms with Crippen molar-refractivity contribution in [1.82, 2.24) is 4.98 Å². The van der Waals surface area contributed by atoms with E-state index >= 15 is 0 Å². The Morgan fingerprint density at radius 2 is 1.49 bits per heavy atom. The van der Waals surface area contributed by atoms with Crippen molar-refractivity contribution in [3.63, 3.8) is 0 Å². The third-order valence-corrected chi connectivity index (χ3v) is 11.8. The fraction of sp³-hybridized carbons (Fsp3) is 0.265. The molecule has 0 aliphatic carbocycles. The van der Waals surface area contributed by atoms with Gasteiger partial charge in [0.15, 0.2) is 0 Å². The van der Waals surface area contributed by atoms with E-state index < -0.39 is 13.3 Å². The molecule has 0 unspecified atom stereocenters. The van der Waals surface area contributed by atoms with Gasteiger partial charge in [0.25, 0.3) is 0 Å². The zero-order valence-corrected chi connectivity index (χ0v) is 25.9. The van der Waals surface area contributed by atoms with Gasteiger partial charge in [-0.1, -0.05) is 45.0 Å². The van der Waals surface area contributed by atoms with Crippen LogP contribution >= 0.6 is 11.3 Å². The summed E-state index contributed by atoms with van der Waals surface area (Å²) >= 11 is 0.213. The van der Waals surface area contributed by atoms with Gasteiger partial charge < -0.3 is 0 Å². The molecule has 0 radical (unpaired) electrons. The standard InChI is InChI=1S/C34H35GeNS/c1-21-16-29-23(18-25(21)20-35(5,6)7)12-13-27-28-14-15-36-31(33(28)37-32(27)29)24-17-22-10-8-9-11-26(22)30(19-24)34(2,3)4/h8-19H,20H2,1-7H3. The summed E-state index contributed by atoms with van der Waals surface area (Å²) in [4.78, 5) is 4.97. The summed E-state index contributed by atoms with van der Waals surface area (Å²) in [6.07, 6.45) is 1.99. The van der Waals surface area contributed by atoms with Crippen molar-refractivity contribution < 1.29 is 0 Å². The number of fused-ring (bicyclic) bond motifs is 6. The maximum atomic E-state index is 4.97. The van der Waals surface area contributed by atoms with Crippen LogP contribution in [0.25, 0.3) is 53.0 Å². The van der Waals surface area contributed by atoms with Crippen LogP contribution in [0, 0.1) is 6.92 Å². The van der Waals surface area contributed by atoms with Gasteiger partial charge in [-0.2, -0.15) is 0 Å². The van der Waals surface area contributed by atoms with Crippen molar-refractivity contribution in [3.8, 4) is 11.3 Å². The number of benzene rings is 4. The van der Waals surface area contributed by atoms with Crippen molar-refractivity contribution in [3.05, 3.63) is 89.6 Å². The number of hydrogen-bond acceptors (Lipinski definition) is 2. The number of thiophene rings is 1. The molecule has 3 heteroatoms. The van der Waals surface area contributed by atoms with Crippen molar-refractivity contribution in [2.45, 2.75) is 55.6 Å². The zero-order chi connectivity index (χ0) is 26.1. The normalized spacial score (nSPS) is 12.8. The van der Waals surface area contributed by atoms with E-state index in [4.69, 9.17) is 4.98 Å². The fourth-order valence-corrected chi connectivity index (χ4v) is 10.3. The van der Waals surface area contributed by atoms with Gasteiger partial charge in [0.05, 0.1) is 0 Å². The first kappa shape index (κ1) is 24.6. The second-order valence-electron chi connectivity index (χ2n) is 12.8. The Kier molecular flexibility index (Phi) is 5.78. The van der Waals surface area contributed by atoms with E-state index in [1.807, 2.05) is 17.5 Å². The molecule has 186 valence electrons. The van der Waals surface area contributed by atoms with Gasteiger partial charge in [-0.25, -0.2) is 0 Å². The van der Waals surface area contributed by atoms with E-state index in [1.165, 1.54) is 69.2 Å². The molecule has 0 spiro atoms. The predicted octanol–water partition coefficient (Wildman–Crippen LogP) is 10.4. The van der Waals surface area contributed by atoms with Crippen LogP contribution in [0.2, 0.25) is 17.3 Å². The van der Waals surface area contributed by atoms with Gasteiger partial charge >= 0.3 is 172 Å². The molecule has 0 aliphatic heterocycles. The zero-order valence-electron chi connectivity index (χ0n) is 23.0. The Morgan fingerprint density at radius 1 is 0.757 bits per heavy atom. The minimum absolute atomic E-state index is 0.0476. The summed E-state index contributed by atoms with van der Waals surface area (Å²) in [5.74, 6) is 7.52. The van der Waals surface area contributed by atoms with Crippen LogP contribution in [0.5, 0.6) is 0 Å². The fourth-order valence-electron chi connectivity index (χ4n) is 5.72. The number of pyridine rings is 1. The van der Waals surface area contributed by atoms with Crippen molar-refractivity contribution in [2.75, 3.05) is 0 Å². The summed E-state index contributed by atoms with van der Waals surface area (Å²) < 4.78 is 2.66. The SMILES string of the molecule is Cc1cc2c(ccc3c4ccnc(-c5cc(C(C)(C)C)c6ccccc6c5)c4sc23)cc1[CH2][Ge]([CH3])([CH3])[CH3]. The maximum absolute atomic E-state index is 4.97. The Labute approximate surface area is 226 Å². The molecule has 0 fully saturated rings. The van der Waals surface area contributed by atoms with Crippen molar-refractivity contribution in [1.29, 1.82) is 0 Å². The molecule has 0 saturated carbocycles. The van der Waals surface area contributed by atoms with Crippen LogP contribution in [-0.4, -0.2) is 18.3 Å². The molecule has 0 saturated heterocycles. The molecular weight excluding hydrogens is 527 g/mol. The van der Waals surface area contributed by atoms with Gasteiger partial charge in [0.1, 0.15) is 0 Å². The van der Waals surface area contributed by atoms with E-state index in [9.17, 15) is 0 Å². The van der Waals surface area contributed by atoms with Gasteiger partial charge in [0.2, 0.25) is 0 Å². The molecule has 4 aromatic carbocycles. The summed E-state index contributed by atoms with van der Waals surface area (Å²) in [6, 6.07) is 25.2. The predicted molar refractivity (Wildman–Crippen MR) is 168 cm³/mol. The molecule has 0 amide bonds. The van der Waals surface area contributed by atoms with Gasteiger partial charge in [-0.3, -0.25) is 0 Å². The van der Waals surface area contributed by atoms with Crippen molar-refractivity contribution >= 4 is 66.3 Å². The molecule has 6 rings (SSSR count). The van der Waals surface area contributed by atoms with E-state index in [2.05, 4.69) is 112 Å². The second-order valence-corrected chi connectivity index (χ2v) is 25.3. The molecule has 0 bridgehead atoms. The van der Waals surface area contributed by atoms with Crippen LogP contribution in [0.3, 0.4) is 0 Å². The average Bonchev–Trinajstić information content (AvgIpc) is 3.22. The first-order chi connectivity index (χ1) is 17.5. The Balaban J connectivity index is 1.61. The van der Waals surface area contributed by atoms with E-state index in [0.717, 1.165) is 5.69 Å². The number of rotatable bonds is 3. The molecule has 0 aliphatic rings. The first-order valence-corrected chi connectivity index (χ1v) is 21.9. The van der Waals surface area contributed by atoms with E-state index in [0.29, 0.717) is 0 Å². The number of aryl methyl sites for hydroxylation is 1. The van der Waals surface area contributed by atoms with Crippen molar-refractivity contribution in [2.24, 2.45) is 0 Å². The summed E-state index contributed by atoms with van der Waals surface area (Å²) in [7, 11) is 0. The number of hydrogen-bond donors (Lipinski definition) is 0. The summed E-state index contributed by atoms with van der Waals surface area (Å²) in [6.45, 7) is 9.21. The Morgan fingerprint density at radius 3 is 2.24 bits per heavy atom. The molecule has 2 aromatic heterocycles. The van der Waals surface area contributed by atoms with Gasteiger partial charge in [-0.15, -0.1) is 0 Å². The first-order valence-electron chi connectivity index (χ1n) is 13.3. The monoisotopic (exact) mass is 563 g/mol. The summed E-state index contributed by atoms with van der Waals surface area (Å²) in [5.41, 5.74) is 6.69. The topological polar surface area (TPSA) is 12.9 Å². The van der Waals surface area contributed by atoms with Crippen LogP contribution in [0.15, 0.2) is 72.9 Å². The molecule has 2 heterocycles. The van der Waals surface area contributed by atoms with Crippen LogP contribution in [-0.2, 0) is 10.7 Å². The second kappa shape index (κ2) is 8.68. The molecule has 0 atom stereocenters. The Hall–Kier alpha value is -2.69. The quantitative estimate of drug-likeness (QED) is 0.196. The molecule has 0 N–H and O–H groups in total. The van der Waals surface area contributed by atoms with Crippen LogP contribution in [0.1, 0.15) is 37.5 Å². The van der Waals surface area contributed by atoms with Gasteiger partial charge in [-0.05, 0) is 10.8 Å². The van der Waals surface area contributed by atoms with Gasteiger partial charge in [0, 0.05) is 0 Å². The molecular formula is C34H35GeNS. The third kappa shape index (κ3) is 4.38. The minimum atomic E-state index is -1.69. The van der Waals surface area contributed by atoms with E-state index in [-0.39, 0.29) is 5.41 Å². The van der Waals surface area contributed by atoms with E-state index in [1.54, 1.807) is 0 Å². The third-order valence-electron chi connectivity index (χ3n) is 7.49. The molecule has 37 heavy (non-hydrogen) atoms. The van der Waals surface area contributed by atoms with Crippen LogP contribution < -0.4 is 0 Å². The Bertz CT molecular complexity index is 1830. The number of nitrogens with zero attached hydrogens (tertiary/aromatic N) is 1. The van der Waals surface area contributed by atoms with Crippen LogP contribution in [0.4, 0.5) is 0 Å². The summed E-state index contributed by atoms with van der Waals surface area (Å²) in [5, 5.41) is 9.28. The molecule has 1 nitrogen and oxygen atoms in total.